The molecule has 0 aromatic heterocycles. The maximum absolute atomic E-state index is 13.0. The van der Waals surface area contributed by atoms with E-state index in [1.54, 1.807) is 0 Å². The summed E-state index contributed by atoms with van der Waals surface area (Å²) in [5.41, 5.74) is -0.824. The van der Waals surface area contributed by atoms with Gasteiger partial charge in [-0.05, 0) is 61.2 Å². The molecule has 0 aromatic carbocycles. The molecule has 0 saturated heterocycles. The van der Waals surface area contributed by atoms with Crippen LogP contribution in [0.4, 0.5) is 0 Å². The summed E-state index contributed by atoms with van der Waals surface area (Å²) in [7, 11) is 2.62. The summed E-state index contributed by atoms with van der Waals surface area (Å²) < 4.78 is 10.0. The predicted molar refractivity (Wildman–Crippen MR) is 106 cm³/mol. The molecule has 2 fully saturated rings. The van der Waals surface area contributed by atoms with Crippen LogP contribution in [0.2, 0.25) is 0 Å². The molecule has 0 unspecified atom stereocenters. The van der Waals surface area contributed by atoms with E-state index >= 15 is 0 Å². The zero-order valence-electron chi connectivity index (χ0n) is 17.8. The number of aliphatic hydroxyl groups is 1. The van der Waals surface area contributed by atoms with Gasteiger partial charge in [-0.15, -0.1) is 0 Å². The fourth-order valence-corrected chi connectivity index (χ4v) is 6.27. The molecule has 2 saturated carbocycles. The Morgan fingerprint density at radius 3 is 2.61 bits per heavy atom. The summed E-state index contributed by atoms with van der Waals surface area (Å²) >= 11 is 0. The summed E-state index contributed by atoms with van der Waals surface area (Å²) in [6, 6.07) is 0. The van der Waals surface area contributed by atoms with E-state index < -0.39 is 17.5 Å². The molecule has 3 aliphatic carbocycles. The number of carbonyl (C=O) groups excluding carboxylic acids is 2. The molecule has 5 nitrogen and oxygen atoms in total. The maximum Gasteiger partial charge on any atom is 0.342 e. The molecule has 3 aliphatic rings. The molecular formula is C23H34O5. The van der Waals surface area contributed by atoms with Crippen LogP contribution in [0.1, 0.15) is 59.3 Å². The molecule has 0 spiro atoms. The van der Waals surface area contributed by atoms with Crippen molar-refractivity contribution < 1.29 is 24.2 Å². The highest BCUT2D eigenvalue weighted by Crippen LogP contribution is 2.63. The molecule has 0 radical (unpaired) electrons. The fourth-order valence-electron chi connectivity index (χ4n) is 6.27. The first-order valence-corrected chi connectivity index (χ1v) is 10.3. The summed E-state index contributed by atoms with van der Waals surface area (Å²) in [6.45, 7) is 11.2. The number of Topliss-reactive ketones (excluding diaryl/α,β-unsaturated/α-hetero) is 1. The number of hydrogen-bond acceptors (Lipinski definition) is 5. The van der Waals surface area contributed by atoms with Crippen molar-refractivity contribution in [1.29, 1.82) is 0 Å². The Morgan fingerprint density at radius 1 is 1.32 bits per heavy atom. The van der Waals surface area contributed by atoms with E-state index in [1.165, 1.54) is 25.9 Å². The Kier molecular flexibility index (Phi) is 5.28. The Bertz CT molecular complexity index is 725. The van der Waals surface area contributed by atoms with E-state index in [0.29, 0.717) is 18.3 Å². The Morgan fingerprint density at radius 2 is 2.00 bits per heavy atom. The molecule has 0 bridgehead atoms. The number of allylic oxidation sites excluding steroid dienone is 2. The zero-order chi connectivity index (χ0) is 20.9. The quantitative estimate of drug-likeness (QED) is 0.584. The predicted octanol–water partition coefficient (Wildman–Crippen LogP) is 3.81. The molecular weight excluding hydrogens is 356 g/mol. The summed E-state index contributed by atoms with van der Waals surface area (Å²) in [5, 5.41) is 11.2. The third-order valence-electron chi connectivity index (χ3n) is 8.38. The van der Waals surface area contributed by atoms with Crippen LogP contribution in [-0.4, -0.2) is 36.7 Å². The molecule has 1 N–H and O–H groups in total. The smallest absolute Gasteiger partial charge is 0.342 e. The van der Waals surface area contributed by atoms with Gasteiger partial charge in [0.25, 0.3) is 0 Å². The van der Waals surface area contributed by atoms with E-state index in [9.17, 15) is 14.7 Å². The van der Waals surface area contributed by atoms with E-state index in [4.69, 9.17) is 9.47 Å². The van der Waals surface area contributed by atoms with E-state index in [0.717, 1.165) is 32.1 Å². The topological polar surface area (TPSA) is 72.8 Å². The molecule has 3 rings (SSSR count). The molecule has 0 aliphatic heterocycles. The fraction of sp³-hybridized carbons (Fsp3) is 0.739. The first kappa shape index (κ1) is 21.1. The van der Waals surface area contributed by atoms with Crippen LogP contribution in [0.25, 0.3) is 0 Å². The lowest BCUT2D eigenvalue weighted by Crippen LogP contribution is -2.54. The van der Waals surface area contributed by atoms with Gasteiger partial charge in [-0.2, -0.15) is 0 Å². The van der Waals surface area contributed by atoms with E-state index in [-0.39, 0.29) is 22.4 Å². The van der Waals surface area contributed by atoms with Gasteiger partial charge >= 0.3 is 5.97 Å². The van der Waals surface area contributed by atoms with Crippen LogP contribution < -0.4 is 0 Å². The second kappa shape index (κ2) is 7.01. The van der Waals surface area contributed by atoms with E-state index in [1.807, 2.05) is 0 Å². The van der Waals surface area contributed by atoms with Crippen LogP contribution in [0.5, 0.6) is 0 Å². The number of ether oxygens (including phenoxy) is 2. The summed E-state index contributed by atoms with van der Waals surface area (Å²) in [5.74, 6) is -1.23. The lowest BCUT2D eigenvalue weighted by Gasteiger charge is -2.59. The number of ketones is 1. The van der Waals surface area contributed by atoms with Gasteiger partial charge in [0.1, 0.15) is 0 Å². The summed E-state index contributed by atoms with van der Waals surface area (Å²) in [6.07, 6.45) is 7.05. The monoisotopic (exact) mass is 390 g/mol. The van der Waals surface area contributed by atoms with Crippen LogP contribution in [0.3, 0.4) is 0 Å². The average Bonchev–Trinajstić information content (AvgIpc) is 2.91. The van der Waals surface area contributed by atoms with Gasteiger partial charge in [0.05, 0.1) is 20.1 Å². The Balaban J connectivity index is 2.00. The number of carbonyl (C=O) groups is 2. The van der Waals surface area contributed by atoms with Gasteiger partial charge in [0.2, 0.25) is 5.78 Å². The normalized spacial score (nSPS) is 43.4. The highest BCUT2D eigenvalue weighted by atomic mass is 16.5. The Hall–Kier alpha value is -1.62. The molecule has 28 heavy (non-hydrogen) atoms. The first-order chi connectivity index (χ1) is 13.0. The van der Waals surface area contributed by atoms with Crippen molar-refractivity contribution in [2.75, 3.05) is 14.2 Å². The second-order valence-electron chi connectivity index (χ2n) is 9.56. The lowest BCUT2D eigenvalue weighted by molar-refractivity contribution is -0.167. The molecule has 0 aromatic rings. The standard InChI is InChI=1S/C23H34O5/c1-14-8-7-9-18-21(14,3)11-10-15(2)22(18,4)12-16-19(24)17(27-5)13-23(16,26)20(25)28-6/h13,15-16,18,26H,1,7-12H2,2-6H3/t15-,16-,18+,21+,22+,23+/m0/s1. The maximum atomic E-state index is 13.0. The number of esters is 1. The second-order valence-corrected chi connectivity index (χ2v) is 9.56. The molecule has 6 atom stereocenters. The molecule has 0 heterocycles. The van der Waals surface area contributed by atoms with E-state index in [2.05, 4.69) is 27.4 Å². The third-order valence-corrected chi connectivity index (χ3v) is 8.38. The molecule has 156 valence electrons. The van der Waals surface area contributed by atoms with Crippen molar-refractivity contribution in [1.82, 2.24) is 0 Å². The SMILES string of the molecule is C=C1CCC[C@H]2[C@](C)(C[C@H]3C(=O)C(OC)=C[C@]3(O)C(=O)OC)[C@@H](C)CC[C@]12C. The average molecular weight is 391 g/mol. The molecule has 5 heteroatoms. The lowest BCUT2D eigenvalue weighted by atomic mass is 9.45. The van der Waals surface area contributed by atoms with Crippen LogP contribution in [0.15, 0.2) is 24.0 Å². The largest absolute Gasteiger partial charge is 0.493 e. The van der Waals surface area contributed by atoms with Gasteiger partial charge in [-0.25, -0.2) is 4.79 Å². The van der Waals surface area contributed by atoms with Crippen LogP contribution >= 0.6 is 0 Å². The molecule has 0 amide bonds. The van der Waals surface area contributed by atoms with Crippen molar-refractivity contribution in [2.24, 2.45) is 28.6 Å². The summed E-state index contributed by atoms with van der Waals surface area (Å²) in [4.78, 5) is 25.5. The van der Waals surface area contributed by atoms with Crippen molar-refractivity contribution in [3.63, 3.8) is 0 Å². The number of hydrogen-bond donors (Lipinski definition) is 1. The minimum Gasteiger partial charge on any atom is -0.493 e. The van der Waals surface area contributed by atoms with Crippen molar-refractivity contribution in [2.45, 2.75) is 64.9 Å². The van der Waals surface area contributed by atoms with Gasteiger partial charge in [0, 0.05) is 6.08 Å². The van der Waals surface area contributed by atoms with Crippen molar-refractivity contribution in [3.8, 4) is 0 Å². The van der Waals surface area contributed by atoms with Gasteiger partial charge < -0.3 is 14.6 Å². The zero-order valence-corrected chi connectivity index (χ0v) is 17.8. The number of rotatable bonds is 4. The van der Waals surface area contributed by atoms with Crippen molar-refractivity contribution >= 4 is 11.8 Å². The first-order valence-electron chi connectivity index (χ1n) is 10.3. The minimum atomic E-state index is -1.97. The van der Waals surface area contributed by atoms with Crippen LogP contribution in [0, 0.1) is 28.6 Å². The van der Waals surface area contributed by atoms with Gasteiger partial charge in [-0.1, -0.05) is 32.9 Å². The highest BCUT2D eigenvalue weighted by molar-refractivity contribution is 6.05. The van der Waals surface area contributed by atoms with Crippen molar-refractivity contribution in [3.05, 3.63) is 24.0 Å². The number of methoxy groups -OCH3 is 2. The number of fused-ring (bicyclic) bond motifs is 1. The van der Waals surface area contributed by atoms with Gasteiger partial charge in [-0.3, -0.25) is 4.79 Å². The van der Waals surface area contributed by atoms with Gasteiger partial charge in [0.15, 0.2) is 11.4 Å². The van der Waals surface area contributed by atoms with Crippen LogP contribution in [-0.2, 0) is 19.1 Å². The minimum absolute atomic E-state index is 0.0424. The Labute approximate surface area is 168 Å². The highest BCUT2D eigenvalue weighted by Gasteiger charge is 2.60. The third kappa shape index (κ3) is 2.85.